The zero-order valence-corrected chi connectivity index (χ0v) is 15.0. The summed E-state index contributed by atoms with van der Waals surface area (Å²) in [5, 5.41) is 7.64. The maximum Gasteiger partial charge on any atom is 0.161 e. The van der Waals surface area contributed by atoms with Crippen molar-refractivity contribution in [3.8, 4) is 11.5 Å². The number of benzene rings is 1. The normalized spacial score (nSPS) is 21.3. The topological polar surface area (TPSA) is 63.3 Å². The van der Waals surface area contributed by atoms with Crippen molar-refractivity contribution in [3.05, 3.63) is 35.4 Å². The summed E-state index contributed by atoms with van der Waals surface area (Å²) in [6.45, 7) is 3.04. The van der Waals surface area contributed by atoms with Gasteiger partial charge in [0.1, 0.15) is 5.82 Å². The molecule has 25 heavy (non-hydrogen) atoms. The van der Waals surface area contributed by atoms with Gasteiger partial charge in [0.2, 0.25) is 0 Å². The Morgan fingerprint density at radius 2 is 1.96 bits per heavy atom. The predicted molar refractivity (Wildman–Crippen MR) is 95.2 cm³/mol. The fourth-order valence-corrected chi connectivity index (χ4v) is 3.66. The van der Waals surface area contributed by atoms with Crippen molar-refractivity contribution in [2.75, 3.05) is 27.3 Å². The molecule has 1 aliphatic carbocycles. The molecule has 1 atom stereocenters. The lowest BCUT2D eigenvalue weighted by atomic mass is 9.97. The number of nitrogens with one attached hydrogen (secondary N) is 1. The highest BCUT2D eigenvalue weighted by Crippen LogP contribution is 2.38. The third-order valence-electron chi connectivity index (χ3n) is 5.21. The molecule has 1 saturated carbocycles. The van der Waals surface area contributed by atoms with Gasteiger partial charge >= 0.3 is 0 Å². The minimum atomic E-state index is 0.428. The molecule has 1 aromatic carbocycles. The molecule has 2 aromatic rings. The molecule has 6 nitrogen and oxygen atoms in total. The van der Waals surface area contributed by atoms with Crippen LogP contribution < -0.4 is 9.47 Å². The summed E-state index contributed by atoms with van der Waals surface area (Å²) in [6, 6.07) is 6.16. The Balaban J connectivity index is 1.42. The van der Waals surface area contributed by atoms with Crippen LogP contribution in [0.15, 0.2) is 18.2 Å². The van der Waals surface area contributed by atoms with E-state index in [1.165, 1.54) is 31.2 Å². The van der Waals surface area contributed by atoms with Gasteiger partial charge in [-0.05, 0) is 49.9 Å². The number of piperidine rings is 1. The van der Waals surface area contributed by atoms with Gasteiger partial charge in [0.15, 0.2) is 17.3 Å². The van der Waals surface area contributed by atoms with Gasteiger partial charge in [0.05, 0.1) is 14.2 Å². The molecule has 1 unspecified atom stereocenters. The van der Waals surface area contributed by atoms with Crippen molar-refractivity contribution < 1.29 is 9.47 Å². The van der Waals surface area contributed by atoms with Gasteiger partial charge in [-0.15, -0.1) is 0 Å². The Labute approximate surface area is 148 Å². The van der Waals surface area contributed by atoms with Crippen LogP contribution in [0.1, 0.15) is 54.7 Å². The zero-order valence-electron chi connectivity index (χ0n) is 15.0. The molecule has 0 spiro atoms. The third-order valence-corrected chi connectivity index (χ3v) is 5.21. The summed E-state index contributed by atoms with van der Waals surface area (Å²) in [5.41, 5.74) is 1.24. The third kappa shape index (κ3) is 3.63. The van der Waals surface area contributed by atoms with E-state index in [0.717, 1.165) is 42.8 Å². The molecule has 2 aliphatic rings. The minimum absolute atomic E-state index is 0.428. The van der Waals surface area contributed by atoms with Crippen LogP contribution in [0, 0.1) is 0 Å². The van der Waals surface area contributed by atoms with E-state index in [9.17, 15) is 0 Å². The summed E-state index contributed by atoms with van der Waals surface area (Å²) >= 11 is 0. The summed E-state index contributed by atoms with van der Waals surface area (Å²) in [7, 11) is 3.35. The molecule has 1 saturated heterocycles. The van der Waals surface area contributed by atoms with Gasteiger partial charge in [0, 0.05) is 24.9 Å². The Morgan fingerprint density at radius 3 is 2.72 bits per heavy atom. The highest BCUT2D eigenvalue weighted by atomic mass is 16.5. The number of nitrogens with zero attached hydrogens (tertiary/aromatic N) is 3. The molecule has 1 N–H and O–H groups in total. The molecule has 2 fully saturated rings. The summed E-state index contributed by atoms with van der Waals surface area (Å²) in [4.78, 5) is 7.25. The monoisotopic (exact) mass is 342 g/mol. The van der Waals surface area contributed by atoms with E-state index in [2.05, 4.69) is 27.2 Å². The minimum Gasteiger partial charge on any atom is -0.493 e. The standard InChI is InChI=1S/C19H26N4O2/c1-24-16-8-5-13(10-17(16)25-2)11-23-9-3-4-15(12-23)19-20-18(21-22-19)14-6-7-14/h5,8,10,14-15H,3-4,6-7,9,11-12H2,1-2H3,(H,20,21,22). The fourth-order valence-electron chi connectivity index (χ4n) is 3.66. The maximum atomic E-state index is 5.42. The molecular formula is C19H26N4O2. The van der Waals surface area contributed by atoms with E-state index in [1.807, 2.05) is 6.07 Å². The van der Waals surface area contributed by atoms with Crippen molar-refractivity contribution in [3.63, 3.8) is 0 Å². The lowest BCUT2D eigenvalue weighted by molar-refractivity contribution is 0.196. The number of rotatable bonds is 6. The van der Waals surface area contributed by atoms with E-state index in [0.29, 0.717) is 11.8 Å². The van der Waals surface area contributed by atoms with Crippen molar-refractivity contribution >= 4 is 0 Å². The van der Waals surface area contributed by atoms with Gasteiger partial charge in [-0.3, -0.25) is 10.00 Å². The number of hydrogen-bond donors (Lipinski definition) is 1. The smallest absolute Gasteiger partial charge is 0.161 e. The highest BCUT2D eigenvalue weighted by Gasteiger charge is 2.30. The average molecular weight is 342 g/mol. The number of aromatic amines is 1. The molecule has 4 rings (SSSR count). The first-order valence-corrected chi connectivity index (χ1v) is 9.12. The largest absolute Gasteiger partial charge is 0.493 e. The molecule has 6 heteroatoms. The van der Waals surface area contributed by atoms with Crippen LogP contribution in [-0.2, 0) is 6.54 Å². The fraction of sp³-hybridized carbons (Fsp3) is 0.579. The molecule has 1 aromatic heterocycles. The number of methoxy groups -OCH3 is 2. The van der Waals surface area contributed by atoms with E-state index < -0.39 is 0 Å². The number of hydrogen-bond acceptors (Lipinski definition) is 5. The van der Waals surface area contributed by atoms with Crippen LogP contribution in [0.4, 0.5) is 0 Å². The van der Waals surface area contributed by atoms with Gasteiger partial charge < -0.3 is 9.47 Å². The highest BCUT2D eigenvalue weighted by molar-refractivity contribution is 5.42. The Morgan fingerprint density at radius 1 is 1.12 bits per heavy atom. The summed E-state index contributed by atoms with van der Waals surface area (Å²) < 4.78 is 10.7. The molecule has 134 valence electrons. The zero-order chi connectivity index (χ0) is 17.2. The second-order valence-corrected chi connectivity index (χ2v) is 7.12. The quantitative estimate of drug-likeness (QED) is 0.874. The van der Waals surface area contributed by atoms with Gasteiger partial charge in [0.25, 0.3) is 0 Å². The molecule has 0 bridgehead atoms. The second kappa shape index (κ2) is 7.04. The molecule has 0 amide bonds. The first kappa shape index (κ1) is 16.4. The van der Waals surface area contributed by atoms with E-state index in [1.54, 1.807) is 14.2 Å². The van der Waals surface area contributed by atoms with Gasteiger partial charge in [-0.2, -0.15) is 5.10 Å². The number of H-pyrrole nitrogens is 1. The van der Waals surface area contributed by atoms with E-state index >= 15 is 0 Å². The predicted octanol–water partition coefficient (Wildman–Crippen LogP) is 3.08. The van der Waals surface area contributed by atoms with Gasteiger partial charge in [-0.25, -0.2) is 4.98 Å². The van der Waals surface area contributed by atoms with Crippen molar-refractivity contribution in [2.24, 2.45) is 0 Å². The van der Waals surface area contributed by atoms with E-state index in [4.69, 9.17) is 14.5 Å². The van der Waals surface area contributed by atoms with Crippen LogP contribution in [0.2, 0.25) is 0 Å². The Kier molecular flexibility index (Phi) is 4.61. The van der Waals surface area contributed by atoms with Gasteiger partial charge in [-0.1, -0.05) is 6.07 Å². The number of aromatic nitrogens is 3. The van der Waals surface area contributed by atoms with Crippen molar-refractivity contribution in [2.45, 2.75) is 44.1 Å². The second-order valence-electron chi connectivity index (χ2n) is 7.12. The molecule has 0 radical (unpaired) electrons. The Hall–Kier alpha value is -2.08. The van der Waals surface area contributed by atoms with Crippen molar-refractivity contribution in [1.29, 1.82) is 0 Å². The molecular weight excluding hydrogens is 316 g/mol. The Bertz CT molecular complexity index is 726. The molecule has 2 heterocycles. The lowest BCUT2D eigenvalue weighted by Crippen LogP contribution is -2.34. The van der Waals surface area contributed by atoms with Crippen LogP contribution in [0.3, 0.4) is 0 Å². The van der Waals surface area contributed by atoms with E-state index in [-0.39, 0.29) is 0 Å². The first-order chi connectivity index (χ1) is 12.3. The molecule has 1 aliphatic heterocycles. The maximum absolute atomic E-state index is 5.42. The summed E-state index contributed by atoms with van der Waals surface area (Å²) in [6.07, 6.45) is 4.87. The van der Waals surface area contributed by atoms with Crippen LogP contribution in [0.5, 0.6) is 11.5 Å². The van der Waals surface area contributed by atoms with Crippen LogP contribution in [0.25, 0.3) is 0 Å². The van der Waals surface area contributed by atoms with Crippen molar-refractivity contribution in [1.82, 2.24) is 20.1 Å². The first-order valence-electron chi connectivity index (χ1n) is 9.12. The average Bonchev–Trinajstić information content (AvgIpc) is 3.38. The number of ether oxygens (including phenoxy) is 2. The summed E-state index contributed by atoms with van der Waals surface area (Å²) in [5.74, 6) is 4.71. The lowest BCUT2D eigenvalue weighted by Gasteiger charge is -2.31. The van der Waals surface area contributed by atoms with Crippen LogP contribution >= 0.6 is 0 Å². The van der Waals surface area contributed by atoms with Crippen LogP contribution in [-0.4, -0.2) is 47.4 Å². The number of likely N-dealkylation sites (tertiary alicyclic amines) is 1. The SMILES string of the molecule is COc1ccc(CN2CCCC(c3n[nH]c(C4CC4)n3)C2)cc1OC.